The number of nitrogens with one attached hydrogen (secondary N) is 1. The molecule has 2 heterocycles. The third kappa shape index (κ3) is 2.97. The maximum atomic E-state index is 12.0. The normalized spacial score (nSPS) is 11.1. The minimum atomic E-state index is -1.34. The molecule has 7 nitrogen and oxygen atoms in total. The first-order chi connectivity index (χ1) is 9.40. The highest BCUT2D eigenvalue weighted by molar-refractivity contribution is 7.16. The second kappa shape index (κ2) is 5.33. The molecular weight excluding hydrogens is 280 g/mol. The predicted molar refractivity (Wildman–Crippen MR) is 72.3 cm³/mol. The van der Waals surface area contributed by atoms with Crippen molar-refractivity contribution in [1.82, 2.24) is 20.3 Å². The molecule has 0 spiro atoms. The van der Waals surface area contributed by atoms with Crippen LogP contribution in [0.1, 0.15) is 23.5 Å². The van der Waals surface area contributed by atoms with E-state index in [4.69, 9.17) is 5.11 Å². The molecule has 0 atom stereocenters. The van der Waals surface area contributed by atoms with E-state index in [1.165, 1.54) is 20.0 Å². The third-order valence-electron chi connectivity index (χ3n) is 2.45. The fraction of sp³-hybridized carbons (Fsp3) is 0.250. The smallest absolute Gasteiger partial charge is 0.328 e. The summed E-state index contributed by atoms with van der Waals surface area (Å²) in [6.07, 6.45) is 4.54. The Morgan fingerprint density at radius 3 is 2.50 bits per heavy atom. The van der Waals surface area contributed by atoms with Crippen LogP contribution >= 0.6 is 11.3 Å². The van der Waals surface area contributed by atoms with Gasteiger partial charge in [0.15, 0.2) is 10.8 Å². The van der Waals surface area contributed by atoms with Gasteiger partial charge in [-0.05, 0) is 19.9 Å². The molecule has 0 saturated carbocycles. The molecule has 20 heavy (non-hydrogen) atoms. The van der Waals surface area contributed by atoms with Crippen molar-refractivity contribution in [2.24, 2.45) is 0 Å². The van der Waals surface area contributed by atoms with Crippen molar-refractivity contribution < 1.29 is 14.7 Å². The summed E-state index contributed by atoms with van der Waals surface area (Å²) < 4.78 is 0. The molecule has 0 fully saturated rings. The first kappa shape index (κ1) is 14.1. The van der Waals surface area contributed by atoms with E-state index in [9.17, 15) is 9.59 Å². The van der Waals surface area contributed by atoms with E-state index in [1.54, 1.807) is 18.5 Å². The average Bonchev–Trinajstić information content (AvgIpc) is 2.88. The van der Waals surface area contributed by atoms with Gasteiger partial charge in [0, 0.05) is 12.4 Å². The van der Waals surface area contributed by atoms with Crippen molar-refractivity contribution in [2.75, 3.05) is 0 Å². The Hall–Kier alpha value is -2.35. The predicted octanol–water partition coefficient (Wildman–Crippen LogP) is 1.19. The summed E-state index contributed by atoms with van der Waals surface area (Å²) in [6.45, 7) is 2.82. The molecule has 8 heteroatoms. The molecule has 0 saturated heterocycles. The number of aliphatic carboxylic acids is 1. The Bertz CT molecular complexity index is 639. The van der Waals surface area contributed by atoms with Gasteiger partial charge in [-0.15, -0.1) is 11.3 Å². The molecule has 104 valence electrons. The average molecular weight is 292 g/mol. The van der Waals surface area contributed by atoms with E-state index in [0.29, 0.717) is 15.7 Å². The van der Waals surface area contributed by atoms with Crippen LogP contribution in [0.25, 0.3) is 10.8 Å². The van der Waals surface area contributed by atoms with E-state index < -0.39 is 17.4 Å². The van der Waals surface area contributed by atoms with Crippen molar-refractivity contribution in [2.45, 2.75) is 19.4 Å². The van der Waals surface area contributed by atoms with Crippen LogP contribution in [0.15, 0.2) is 24.7 Å². The topological polar surface area (TPSA) is 105 Å². The standard InChI is InChI=1S/C12H12N4O3S/c1-12(2,11(18)19)16-9(17)7-6-15-10(20-7)8-13-4-3-5-14-8/h3-6H,1-2H3,(H,16,17)(H,18,19). The van der Waals surface area contributed by atoms with Crippen molar-refractivity contribution in [3.63, 3.8) is 0 Å². The quantitative estimate of drug-likeness (QED) is 0.877. The number of hydrogen-bond donors (Lipinski definition) is 2. The van der Waals surface area contributed by atoms with Gasteiger partial charge in [-0.1, -0.05) is 0 Å². The van der Waals surface area contributed by atoms with Gasteiger partial charge in [0.2, 0.25) is 0 Å². The zero-order valence-corrected chi connectivity index (χ0v) is 11.6. The third-order valence-corrected chi connectivity index (χ3v) is 3.44. The van der Waals surface area contributed by atoms with E-state index in [2.05, 4.69) is 20.3 Å². The Balaban J connectivity index is 2.17. The maximum absolute atomic E-state index is 12.0. The fourth-order valence-corrected chi connectivity index (χ4v) is 2.05. The highest BCUT2D eigenvalue weighted by Gasteiger charge is 2.30. The van der Waals surface area contributed by atoms with Crippen LogP contribution in [0.3, 0.4) is 0 Å². The second-order valence-electron chi connectivity index (χ2n) is 4.49. The van der Waals surface area contributed by atoms with Gasteiger partial charge >= 0.3 is 5.97 Å². The second-order valence-corrected chi connectivity index (χ2v) is 5.52. The summed E-state index contributed by atoms with van der Waals surface area (Å²) in [5.74, 6) is -1.17. The SMILES string of the molecule is CC(C)(NC(=O)c1cnc(-c2ncccn2)s1)C(=O)O. The molecule has 2 N–H and O–H groups in total. The summed E-state index contributed by atoms with van der Waals surface area (Å²) in [5.41, 5.74) is -1.34. The van der Waals surface area contributed by atoms with E-state index >= 15 is 0 Å². The van der Waals surface area contributed by atoms with Crippen LogP contribution in [-0.4, -0.2) is 37.5 Å². The van der Waals surface area contributed by atoms with Gasteiger partial charge in [-0.3, -0.25) is 4.79 Å². The summed E-state index contributed by atoms with van der Waals surface area (Å²) in [5, 5.41) is 11.9. The molecule has 0 radical (unpaired) electrons. The Morgan fingerprint density at radius 1 is 1.25 bits per heavy atom. The van der Waals surface area contributed by atoms with Crippen LogP contribution in [0.5, 0.6) is 0 Å². The van der Waals surface area contributed by atoms with E-state index in [-0.39, 0.29) is 0 Å². The molecule has 0 aliphatic heterocycles. The molecular formula is C12H12N4O3S. The number of rotatable bonds is 4. The minimum Gasteiger partial charge on any atom is -0.480 e. The van der Waals surface area contributed by atoms with E-state index in [1.807, 2.05) is 0 Å². The van der Waals surface area contributed by atoms with Gasteiger partial charge < -0.3 is 10.4 Å². The first-order valence-corrected chi connectivity index (χ1v) is 6.51. The fourth-order valence-electron chi connectivity index (χ4n) is 1.29. The number of carbonyl (C=O) groups is 2. The highest BCUT2D eigenvalue weighted by Crippen LogP contribution is 2.21. The number of carboxylic acids is 1. The van der Waals surface area contributed by atoms with Gasteiger partial charge in [0.25, 0.3) is 5.91 Å². The molecule has 1 amide bonds. The number of carboxylic acid groups (broad SMARTS) is 1. The number of thiazole rings is 1. The summed E-state index contributed by atoms with van der Waals surface area (Å²) in [4.78, 5) is 35.4. The molecule has 2 rings (SSSR count). The molecule has 0 unspecified atom stereocenters. The molecule has 0 aliphatic rings. The molecule has 0 aliphatic carbocycles. The summed E-state index contributed by atoms with van der Waals surface area (Å²) in [7, 11) is 0. The largest absolute Gasteiger partial charge is 0.480 e. The number of aromatic nitrogens is 3. The van der Waals surface area contributed by atoms with Gasteiger partial charge in [0.1, 0.15) is 10.4 Å². The number of carbonyl (C=O) groups excluding carboxylic acids is 1. The summed E-state index contributed by atoms with van der Waals surface area (Å²) in [6, 6.07) is 1.68. The molecule has 2 aromatic heterocycles. The Labute approximate surface area is 118 Å². The maximum Gasteiger partial charge on any atom is 0.328 e. The lowest BCUT2D eigenvalue weighted by atomic mass is 10.1. The highest BCUT2D eigenvalue weighted by atomic mass is 32.1. The molecule has 0 bridgehead atoms. The lowest BCUT2D eigenvalue weighted by molar-refractivity contribution is -0.143. The lowest BCUT2D eigenvalue weighted by Crippen LogP contribution is -2.49. The van der Waals surface area contributed by atoms with Crippen LogP contribution in [0.2, 0.25) is 0 Å². The van der Waals surface area contributed by atoms with Crippen molar-refractivity contribution in [1.29, 1.82) is 0 Å². The summed E-state index contributed by atoms with van der Waals surface area (Å²) >= 11 is 1.11. The Morgan fingerprint density at radius 2 is 1.90 bits per heavy atom. The van der Waals surface area contributed by atoms with E-state index in [0.717, 1.165) is 11.3 Å². The van der Waals surface area contributed by atoms with Gasteiger partial charge in [-0.2, -0.15) is 0 Å². The molecule has 0 aromatic carbocycles. The monoisotopic (exact) mass is 292 g/mol. The zero-order chi connectivity index (χ0) is 14.8. The van der Waals surface area contributed by atoms with Crippen LogP contribution < -0.4 is 5.32 Å². The van der Waals surface area contributed by atoms with Crippen LogP contribution in [-0.2, 0) is 4.79 Å². The van der Waals surface area contributed by atoms with Crippen LogP contribution in [0, 0.1) is 0 Å². The van der Waals surface area contributed by atoms with Crippen molar-refractivity contribution >= 4 is 23.2 Å². The number of amides is 1. The van der Waals surface area contributed by atoms with Gasteiger partial charge in [-0.25, -0.2) is 19.7 Å². The molecule has 2 aromatic rings. The Kier molecular flexibility index (Phi) is 3.75. The van der Waals surface area contributed by atoms with Gasteiger partial charge in [0.05, 0.1) is 6.20 Å². The number of hydrogen-bond acceptors (Lipinski definition) is 6. The zero-order valence-electron chi connectivity index (χ0n) is 10.8. The lowest BCUT2D eigenvalue weighted by Gasteiger charge is -2.20. The van der Waals surface area contributed by atoms with Crippen LogP contribution in [0.4, 0.5) is 0 Å². The minimum absolute atomic E-state index is 0.307. The van der Waals surface area contributed by atoms with Crippen molar-refractivity contribution in [3.8, 4) is 10.8 Å². The van der Waals surface area contributed by atoms with Crippen molar-refractivity contribution in [3.05, 3.63) is 29.5 Å². The first-order valence-electron chi connectivity index (χ1n) is 5.69. The number of nitrogens with zero attached hydrogens (tertiary/aromatic N) is 3.